The number of carbonyl (C=O) groups excluding carboxylic acids is 2. The molecule has 3 N–H and O–H groups in total. The Morgan fingerprint density at radius 3 is 1.65 bits per heavy atom. The fourth-order valence-corrected chi connectivity index (χ4v) is 10.3. The molecule has 15 nitrogen and oxygen atoms in total. The first-order chi connectivity index (χ1) is 40.2. The van der Waals surface area contributed by atoms with Gasteiger partial charge in [0.15, 0.2) is 0 Å². The van der Waals surface area contributed by atoms with E-state index >= 15 is 0 Å². The van der Waals surface area contributed by atoms with Crippen LogP contribution in [0.25, 0.3) is 79.1 Å². The Bertz CT molecular complexity index is 4340. The highest BCUT2D eigenvalue weighted by Crippen LogP contribution is 2.36. The number of fused-ring (bicyclic) bond motifs is 2. The van der Waals surface area contributed by atoms with Crippen LogP contribution in [0.2, 0.25) is 0 Å². The minimum absolute atomic E-state index is 0.0169. The molecule has 0 bridgehead atoms. The number of anilines is 1. The molecule has 0 spiro atoms. The lowest BCUT2D eigenvalue weighted by atomic mass is 10.1. The Labute approximate surface area is 475 Å². The van der Waals surface area contributed by atoms with Crippen LogP contribution in [0.4, 0.5) is 32.0 Å². The second kappa shape index (κ2) is 23.7. The smallest absolute Gasteiger partial charge is 0.416 e. The third-order valence-electron chi connectivity index (χ3n) is 13.3. The van der Waals surface area contributed by atoms with Gasteiger partial charge in [0.05, 0.1) is 44.4 Å². The topological polar surface area (TPSA) is 204 Å². The zero-order valence-electron chi connectivity index (χ0n) is 44.1. The highest BCUT2D eigenvalue weighted by atomic mass is 32.2. The summed E-state index contributed by atoms with van der Waals surface area (Å²) in [5, 5.41) is 15.9. The standard InChI is InChI=1S/C33H29F3N4O4S.C29H17F3N4O3/c1-2-3-5-14-30(41)39-45(43,44)29-13-9-8-12-26(29)38-32(42)23-15-20-28-27(21-23)37-31(22-10-6-4-7-11-22)40(28)25-18-16-24(17-19-25)33(34,35)36;30-29(31,32)21-10-12-22(13-11-21)36-24-14-9-19(16-23(24)33-26(36)17-5-2-1-3-6-17)27-34-25(35-39-27)18-7-4-8-20(15-18)28(37)38/h4,6-13,15-21H,2-3,5,14H2,1H3,(H,38,42)(H,39,41);1-16H,(H,37,38). The van der Waals surface area contributed by atoms with Crippen LogP contribution in [0.3, 0.4) is 0 Å². The fraction of sp³-hybridized carbons (Fsp3) is 0.113. The van der Waals surface area contributed by atoms with Crippen molar-refractivity contribution in [2.75, 3.05) is 5.32 Å². The Morgan fingerprint density at radius 1 is 0.560 bits per heavy atom. The van der Waals surface area contributed by atoms with Crippen LogP contribution in [-0.4, -0.2) is 60.6 Å². The third-order valence-corrected chi connectivity index (χ3v) is 14.7. The first kappa shape index (κ1) is 57.0. The van der Waals surface area contributed by atoms with Gasteiger partial charge in [-0.15, -0.1) is 0 Å². The normalized spacial score (nSPS) is 11.8. The Kier molecular flexibility index (Phi) is 16.1. The number of benzene rings is 8. The molecular weight excluding hydrogens is 1110 g/mol. The molecule has 0 radical (unpaired) electrons. The summed E-state index contributed by atoms with van der Waals surface area (Å²) >= 11 is 0. The summed E-state index contributed by atoms with van der Waals surface area (Å²) < 4.78 is 116. The Morgan fingerprint density at radius 2 is 1.10 bits per heavy atom. The van der Waals surface area contributed by atoms with Gasteiger partial charge in [0.1, 0.15) is 16.5 Å². The fourth-order valence-electron chi connectivity index (χ4n) is 9.16. The van der Waals surface area contributed by atoms with Crippen molar-refractivity contribution >= 4 is 55.6 Å². The number of imidazole rings is 2. The summed E-state index contributed by atoms with van der Waals surface area (Å²) in [6, 6.07) is 49.9. The summed E-state index contributed by atoms with van der Waals surface area (Å²) in [4.78, 5) is 50.6. The van der Waals surface area contributed by atoms with E-state index in [1.54, 1.807) is 51.6 Å². The summed E-state index contributed by atoms with van der Waals surface area (Å²) in [6.45, 7) is 1.97. The number of amides is 2. The number of alkyl halides is 6. The lowest BCUT2D eigenvalue weighted by molar-refractivity contribution is -0.138. The molecular formula is C62H46F6N8O7S. The van der Waals surface area contributed by atoms with Gasteiger partial charge in [-0.25, -0.2) is 27.9 Å². The molecule has 8 aromatic carbocycles. The van der Waals surface area contributed by atoms with Gasteiger partial charge in [0, 0.05) is 45.6 Å². The molecule has 0 aliphatic heterocycles. The van der Waals surface area contributed by atoms with Gasteiger partial charge in [0.25, 0.3) is 21.8 Å². The van der Waals surface area contributed by atoms with E-state index in [9.17, 15) is 54.3 Å². The molecule has 22 heteroatoms. The number of hydrogen-bond donors (Lipinski definition) is 3. The molecule has 0 aliphatic carbocycles. The van der Waals surface area contributed by atoms with Crippen molar-refractivity contribution < 1.29 is 58.8 Å². The number of carbonyl (C=O) groups is 3. The lowest BCUT2D eigenvalue weighted by Gasteiger charge is -2.13. The molecule has 11 aromatic rings. The largest absolute Gasteiger partial charge is 0.478 e. The number of nitrogens with zero attached hydrogens (tertiary/aromatic N) is 6. The van der Waals surface area contributed by atoms with Crippen molar-refractivity contribution in [2.45, 2.75) is 49.9 Å². The van der Waals surface area contributed by atoms with E-state index in [4.69, 9.17) is 14.5 Å². The van der Waals surface area contributed by atoms with Crippen molar-refractivity contribution in [1.82, 2.24) is 34.0 Å². The maximum Gasteiger partial charge on any atom is 0.416 e. The van der Waals surface area contributed by atoms with E-state index in [0.29, 0.717) is 68.2 Å². The predicted molar refractivity (Wildman–Crippen MR) is 303 cm³/mol. The molecule has 0 atom stereocenters. The molecule has 424 valence electrons. The van der Waals surface area contributed by atoms with E-state index in [2.05, 4.69) is 20.2 Å². The van der Waals surface area contributed by atoms with Gasteiger partial charge < -0.3 is 14.9 Å². The zero-order valence-corrected chi connectivity index (χ0v) is 44.9. The number of carboxylic acids is 1. The quantitative estimate of drug-likeness (QED) is 0.0650. The minimum Gasteiger partial charge on any atom is -0.478 e. The number of aromatic nitrogens is 6. The molecule has 0 unspecified atom stereocenters. The Balaban J connectivity index is 0.000000189. The molecule has 2 amide bonds. The van der Waals surface area contributed by atoms with Crippen molar-refractivity contribution in [3.8, 4) is 57.0 Å². The molecule has 11 rings (SSSR count). The number of hydrogen-bond acceptors (Lipinski definition) is 10. The van der Waals surface area contributed by atoms with Gasteiger partial charge in [-0.2, -0.15) is 31.3 Å². The SMILES string of the molecule is CCCCCC(=O)NS(=O)(=O)c1ccccc1NC(=O)c1ccc2c(c1)nc(-c1ccccc1)n2-c1ccc(C(F)(F)F)cc1.O=C(O)c1cccc(-c2noc(-c3ccc4c(c3)nc(-c3ccccc3)n4-c3ccc(C(F)(F)F)cc3)n2)c1. The molecule has 3 heterocycles. The first-order valence-electron chi connectivity index (χ1n) is 25.9. The Hall–Kier alpha value is -10.2. The van der Waals surface area contributed by atoms with E-state index in [1.165, 1.54) is 66.7 Å². The van der Waals surface area contributed by atoms with Crippen LogP contribution < -0.4 is 10.0 Å². The number of rotatable bonds is 15. The van der Waals surface area contributed by atoms with Crippen LogP contribution in [0, 0.1) is 0 Å². The van der Waals surface area contributed by atoms with Crippen LogP contribution in [0.5, 0.6) is 0 Å². The second-order valence-electron chi connectivity index (χ2n) is 19.0. The number of halogens is 6. The second-order valence-corrected chi connectivity index (χ2v) is 20.7. The monoisotopic (exact) mass is 1160 g/mol. The number of nitrogens with one attached hydrogen (secondary N) is 2. The van der Waals surface area contributed by atoms with Crippen LogP contribution in [-0.2, 0) is 27.2 Å². The maximum absolute atomic E-state index is 13.4. The molecule has 0 aliphatic rings. The summed E-state index contributed by atoms with van der Waals surface area (Å²) in [5.41, 5.74) is 4.42. The van der Waals surface area contributed by atoms with Crippen LogP contribution in [0.1, 0.15) is 64.4 Å². The average Bonchev–Trinajstić information content (AvgIpc) is 4.30. The summed E-state index contributed by atoms with van der Waals surface area (Å²) in [7, 11) is -4.27. The number of carboxylic acid groups (broad SMARTS) is 1. The number of aromatic carboxylic acids is 1. The third kappa shape index (κ3) is 12.5. The molecule has 0 saturated heterocycles. The van der Waals surface area contributed by atoms with E-state index in [0.717, 1.165) is 42.7 Å². The molecule has 84 heavy (non-hydrogen) atoms. The lowest BCUT2D eigenvalue weighted by Crippen LogP contribution is -2.31. The van der Waals surface area contributed by atoms with Gasteiger partial charge in [-0.3, -0.25) is 18.7 Å². The van der Waals surface area contributed by atoms with Crippen molar-refractivity contribution in [2.24, 2.45) is 0 Å². The number of unbranched alkanes of at least 4 members (excludes halogenated alkanes) is 2. The summed E-state index contributed by atoms with van der Waals surface area (Å²) in [6.07, 6.45) is -6.64. The van der Waals surface area contributed by atoms with E-state index in [1.807, 2.05) is 67.6 Å². The number of para-hydroxylation sites is 1. The maximum atomic E-state index is 13.4. The summed E-state index contributed by atoms with van der Waals surface area (Å²) in [5.74, 6) is -0.879. The minimum atomic E-state index is -4.49. The van der Waals surface area contributed by atoms with Gasteiger partial charge >= 0.3 is 18.3 Å². The highest BCUT2D eigenvalue weighted by molar-refractivity contribution is 7.90. The van der Waals surface area contributed by atoms with Crippen LogP contribution >= 0.6 is 0 Å². The van der Waals surface area contributed by atoms with E-state index < -0.39 is 51.3 Å². The average molecular weight is 1160 g/mol. The number of sulfonamides is 1. The first-order valence-corrected chi connectivity index (χ1v) is 27.4. The van der Waals surface area contributed by atoms with E-state index in [-0.39, 0.29) is 39.8 Å². The zero-order chi connectivity index (χ0) is 59.3. The highest BCUT2D eigenvalue weighted by Gasteiger charge is 2.32. The van der Waals surface area contributed by atoms with Crippen molar-refractivity contribution in [1.29, 1.82) is 0 Å². The van der Waals surface area contributed by atoms with Crippen molar-refractivity contribution in [3.05, 3.63) is 216 Å². The molecule has 0 saturated carbocycles. The van der Waals surface area contributed by atoms with Gasteiger partial charge in [0.2, 0.25) is 11.7 Å². The predicted octanol–water partition coefficient (Wildman–Crippen LogP) is 14.5. The van der Waals surface area contributed by atoms with Gasteiger partial charge in [-0.05, 0) is 116 Å². The molecule has 3 aromatic heterocycles. The van der Waals surface area contributed by atoms with Gasteiger partial charge in [-0.1, -0.05) is 110 Å². The van der Waals surface area contributed by atoms with Crippen LogP contribution in [0.15, 0.2) is 204 Å². The van der Waals surface area contributed by atoms with Crippen molar-refractivity contribution in [3.63, 3.8) is 0 Å². The molecule has 0 fully saturated rings.